The predicted molar refractivity (Wildman–Crippen MR) is 276 cm³/mol. The fraction of sp³-hybridized carbons (Fsp3) is 0.357. The van der Waals surface area contributed by atoms with Crippen molar-refractivity contribution in [2.75, 3.05) is 26.7 Å². The van der Waals surface area contributed by atoms with Crippen LogP contribution in [-0.4, -0.2) is 82.7 Å². The van der Waals surface area contributed by atoms with Gasteiger partial charge in [-0.25, -0.2) is 14.8 Å². The third-order valence-electron chi connectivity index (χ3n) is 11.1. The molecule has 1 amide bonds. The molecule has 70 heavy (non-hydrogen) atoms. The van der Waals surface area contributed by atoms with Gasteiger partial charge in [-0.3, -0.25) is 19.5 Å². The van der Waals surface area contributed by atoms with E-state index in [1.54, 1.807) is 29.4 Å². The number of hydrogen-bond acceptors (Lipinski definition) is 12. The van der Waals surface area contributed by atoms with Crippen LogP contribution in [0.1, 0.15) is 93.6 Å². The van der Waals surface area contributed by atoms with Crippen molar-refractivity contribution in [3.63, 3.8) is 0 Å². The summed E-state index contributed by atoms with van der Waals surface area (Å²) >= 11 is 0. The molecule has 2 heterocycles. The lowest BCUT2D eigenvalue weighted by atomic mass is 10.1. The van der Waals surface area contributed by atoms with Gasteiger partial charge in [0, 0.05) is 49.3 Å². The van der Waals surface area contributed by atoms with Crippen LogP contribution in [0, 0.1) is 12.7 Å². The monoisotopic (exact) mass is 958 g/mol. The number of rotatable bonds is 26. The molecule has 0 aliphatic rings. The number of hydrogen-bond donors (Lipinski definition) is 2. The number of unbranched alkanes of at least 4 members (excludes halogenated alkanes) is 8. The molecular weight excluding hydrogens is 886 g/mol. The third kappa shape index (κ3) is 21.3. The van der Waals surface area contributed by atoms with E-state index in [1.165, 1.54) is 67.5 Å². The maximum atomic E-state index is 13.7. The SMILES string of the molecule is C=C.C=O.CCCCCCCCCCCC(=O)Oc1ccc(C)cc1.CN(Cc1cccc2ncccc12)CC(N)N(CC=O)C(=O)CN(Cc1cc(-c2ccc(F)cc2)no1)NCc1ccccc1. The lowest BCUT2D eigenvalue weighted by molar-refractivity contribution is -0.138. The van der Waals surface area contributed by atoms with Crippen LogP contribution in [0.3, 0.4) is 0 Å². The van der Waals surface area contributed by atoms with Crippen LogP contribution in [0.15, 0.2) is 139 Å². The second-order valence-electron chi connectivity index (χ2n) is 16.7. The Bertz CT molecular complexity index is 2380. The number of aryl methyl sites for hydroxylation is 1. The van der Waals surface area contributed by atoms with E-state index in [2.05, 4.69) is 35.6 Å². The second kappa shape index (κ2) is 33.7. The zero-order valence-electron chi connectivity index (χ0n) is 41.3. The topological polar surface area (TPSA) is 164 Å². The maximum absolute atomic E-state index is 13.7. The Morgan fingerprint density at radius 3 is 2.19 bits per heavy atom. The normalized spacial score (nSPS) is 11.1. The number of ether oxygens (including phenoxy) is 1. The number of hydrazine groups is 1. The highest BCUT2D eigenvalue weighted by Crippen LogP contribution is 2.21. The zero-order valence-corrected chi connectivity index (χ0v) is 41.3. The van der Waals surface area contributed by atoms with Gasteiger partial charge in [0.05, 0.1) is 31.3 Å². The molecule has 14 heteroatoms. The van der Waals surface area contributed by atoms with E-state index in [0.29, 0.717) is 55.1 Å². The largest absolute Gasteiger partial charge is 0.427 e. The van der Waals surface area contributed by atoms with Gasteiger partial charge in [-0.15, -0.1) is 13.2 Å². The third-order valence-corrected chi connectivity index (χ3v) is 11.1. The molecule has 4 aromatic carbocycles. The minimum Gasteiger partial charge on any atom is -0.427 e. The Labute approximate surface area is 413 Å². The fourth-order valence-corrected chi connectivity index (χ4v) is 7.50. The highest BCUT2D eigenvalue weighted by atomic mass is 19.1. The number of amides is 1. The first-order chi connectivity index (χ1) is 34.1. The smallest absolute Gasteiger partial charge is 0.311 e. The molecule has 6 rings (SSSR count). The average molecular weight is 958 g/mol. The van der Waals surface area contributed by atoms with E-state index < -0.39 is 6.17 Å². The molecule has 0 saturated carbocycles. The van der Waals surface area contributed by atoms with Crippen molar-refractivity contribution in [2.45, 2.75) is 104 Å². The van der Waals surface area contributed by atoms with Crippen molar-refractivity contribution in [1.29, 1.82) is 0 Å². The molecule has 0 saturated heterocycles. The summed E-state index contributed by atoms with van der Waals surface area (Å²) in [6.45, 7) is 13.6. The number of benzene rings is 4. The molecule has 0 fully saturated rings. The van der Waals surface area contributed by atoms with Gasteiger partial charge in [-0.05, 0) is 80.1 Å². The molecule has 0 aliphatic heterocycles. The van der Waals surface area contributed by atoms with Crippen molar-refractivity contribution in [3.8, 4) is 17.0 Å². The van der Waals surface area contributed by atoms with Crippen molar-refractivity contribution in [2.24, 2.45) is 5.73 Å². The van der Waals surface area contributed by atoms with E-state index in [9.17, 15) is 18.8 Å². The molecule has 0 spiro atoms. The Hall–Kier alpha value is -6.71. The molecule has 6 aromatic rings. The number of pyridine rings is 1. The number of carbonyl (C=O) groups excluding carboxylic acids is 4. The molecular formula is C56H72FN7O6. The summed E-state index contributed by atoms with van der Waals surface area (Å²) in [4.78, 5) is 52.8. The summed E-state index contributed by atoms with van der Waals surface area (Å²) in [5.41, 5.74) is 15.3. The number of fused-ring (bicyclic) bond motifs is 1. The maximum Gasteiger partial charge on any atom is 0.311 e. The van der Waals surface area contributed by atoms with E-state index in [4.69, 9.17) is 19.8 Å². The molecule has 374 valence electrons. The van der Waals surface area contributed by atoms with Crippen LogP contribution in [0.5, 0.6) is 5.75 Å². The molecule has 0 aliphatic carbocycles. The van der Waals surface area contributed by atoms with Gasteiger partial charge in [0.2, 0.25) is 5.91 Å². The van der Waals surface area contributed by atoms with E-state index in [-0.39, 0.29) is 37.3 Å². The standard InChI is InChI=1S/C34H36FN7O3.C19H30O2.C2H4.CH2O/c1-40(21-27-9-5-11-31-30(27)10-6-16-37-31)23-33(36)42(17-18-43)34(44)24-41(38-20-25-7-3-2-4-8-25)22-29-19-32(39-45-29)26-12-14-28(35)15-13-26;1-3-4-5-6-7-8-9-10-11-12-19(20)21-18-15-13-17(2)14-16-18;2*1-2/h2-16,18-19,33,38H,17,20-24,36H2,1H3;13-16H,3-12H2,1-2H3;1-2H2;1H2. The molecule has 3 N–H and O–H groups in total. The van der Waals surface area contributed by atoms with Crippen LogP contribution < -0.4 is 15.9 Å². The van der Waals surface area contributed by atoms with E-state index in [1.807, 2.05) is 111 Å². The summed E-state index contributed by atoms with van der Waals surface area (Å²) in [5.74, 6) is 0.380. The number of nitrogens with two attached hydrogens (primary N) is 1. The summed E-state index contributed by atoms with van der Waals surface area (Å²) in [6, 6.07) is 35.0. The first-order valence-corrected chi connectivity index (χ1v) is 23.9. The van der Waals surface area contributed by atoms with Gasteiger partial charge in [0.15, 0.2) is 5.76 Å². The number of carbonyl (C=O) groups is 4. The number of likely N-dealkylation sites (N-methyl/N-ethyl adjacent to an activating group) is 1. The second-order valence-corrected chi connectivity index (χ2v) is 16.7. The van der Waals surface area contributed by atoms with E-state index >= 15 is 0 Å². The first-order valence-electron chi connectivity index (χ1n) is 23.9. The number of aldehydes is 1. The summed E-state index contributed by atoms with van der Waals surface area (Å²) in [7, 11) is 1.93. The lowest BCUT2D eigenvalue weighted by Gasteiger charge is -2.32. The molecule has 2 aromatic heterocycles. The predicted octanol–water partition coefficient (Wildman–Crippen LogP) is 10.4. The van der Waals surface area contributed by atoms with Crippen molar-refractivity contribution in [3.05, 3.63) is 163 Å². The van der Waals surface area contributed by atoms with Gasteiger partial charge in [-0.2, -0.15) is 0 Å². The van der Waals surface area contributed by atoms with E-state index in [0.717, 1.165) is 34.9 Å². The van der Waals surface area contributed by atoms with Gasteiger partial charge < -0.3 is 29.5 Å². The Morgan fingerprint density at radius 1 is 0.843 bits per heavy atom. The Morgan fingerprint density at radius 2 is 1.51 bits per heavy atom. The average Bonchev–Trinajstić information content (AvgIpc) is 3.85. The van der Waals surface area contributed by atoms with Crippen molar-refractivity contribution < 1.29 is 32.8 Å². The zero-order chi connectivity index (χ0) is 50.9. The van der Waals surface area contributed by atoms with Crippen LogP contribution in [-0.2, 0) is 38.8 Å². The number of halogens is 1. The van der Waals surface area contributed by atoms with Crippen LogP contribution >= 0.6 is 0 Å². The van der Waals surface area contributed by atoms with Gasteiger partial charge >= 0.3 is 5.97 Å². The highest BCUT2D eigenvalue weighted by molar-refractivity contribution is 5.82. The van der Waals surface area contributed by atoms with Crippen LogP contribution in [0.4, 0.5) is 4.39 Å². The molecule has 1 unspecified atom stereocenters. The van der Waals surface area contributed by atoms with Crippen LogP contribution in [0.2, 0.25) is 0 Å². The Kier molecular flexibility index (Phi) is 27.8. The van der Waals surface area contributed by atoms with Gasteiger partial charge in [0.25, 0.3) is 0 Å². The quantitative estimate of drug-likeness (QED) is 0.0101. The van der Waals surface area contributed by atoms with Crippen molar-refractivity contribution >= 4 is 35.9 Å². The van der Waals surface area contributed by atoms with Crippen LogP contribution in [0.25, 0.3) is 22.2 Å². The summed E-state index contributed by atoms with van der Waals surface area (Å²) < 4.78 is 24.3. The molecule has 1 atom stereocenters. The van der Waals surface area contributed by atoms with Gasteiger partial charge in [-0.1, -0.05) is 130 Å². The lowest BCUT2D eigenvalue weighted by Crippen LogP contribution is -2.55. The number of aromatic nitrogens is 2. The Balaban J connectivity index is 0.000000435. The molecule has 13 nitrogen and oxygen atoms in total. The first kappa shape index (κ1) is 57.6. The summed E-state index contributed by atoms with van der Waals surface area (Å²) in [5, 5.41) is 6.88. The minimum atomic E-state index is -0.730. The minimum absolute atomic E-state index is 0.0837. The molecule has 0 radical (unpaired) electrons. The number of nitrogens with zero attached hydrogens (tertiary/aromatic N) is 5. The van der Waals surface area contributed by atoms with Crippen molar-refractivity contribution in [1.82, 2.24) is 30.4 Å². The van der Waals surface area contributed by atoms with Gasteiger partial charge in [0.1, 0.15) is 30.3 Å². The molecule has 0 bridgehead atoms. The fourth-order valence-electron chi connectivity index (χ4n) is 7.50. The number of esters is 1. The summed E-state index contributed by atoms with van der Waals surface area (Å²) in [6.07, 6.45) is 13.6. The highest BCUT2D eigenvalue weighted by Gasteiger charge is 2.25. The number of nitrogens with one attached hydrogen (secondary N) is 1.